The van der Waals surface area contributed by atoms with E-state index in [1.165, 1.54) is 0 Å². The van der Waals surface area contributed by atoms with Gasteiger partial charge in [0.1, 0.15) is 4.99 Å². The third kappa shape index (κ3) is 3.18. The van der Waals surface area contributed by atoms with E-state index >= 15 is 0 Å². The average molecular weight is 340 g/mol. The standard InChI is InChI=1S/C12H10BrN3O2S/c1-6-4-10(18-16-6)12(17)15-9-3-2-7(11(14)19)5-8(9)13/h2-5H,1H3,(H2,14,19)(H,15,17). The monoisotopic (exact) mass is 339 g/mol. The van der Waals surface area contributed by atoms with Crippen molar-refractivity contribution in [3.63, 3.8) is 0 Å². The molecule has 0 unspecified atom stereocenters. The Balaban J connectivity index is 2.20. The number of nitrogens with zero attached hydrogens (tertiary/aromatic N) is 1. The first-order valence-corrected chi connectivity index (χ1v) is 6.51. The summed E-state index contributed by atoms with van der Waals surface area (Å²) in [4.78, 5) is 12.2. The molecule has 1 aromatic carbocycles. The molecule has 1 aromatic heterocycles. The molecule has 0 fully saturated rings. The molecule has 0 bridgehead atoms. The van der Waals surface area contributed by atoms with Crippen LogP contribution in [0.25, 0.3) is 0 Å². The fourth-order valence-corrected chi connectivity index (χ4v) is 2.03. The molecular formula is C12H10BrN3O2S. The number of nitrogens with two attached hydrogens (primary N) is 1. The Kier molecular flexibility index (Phi) is 3.96. The van der Waals surface area contributed by atoms with Gasteiger partial charge in [0, 0.05) is 16.1 Å². The van der Waals surface area contributed by atoms with Gasteiger partial charge in [-0.1, -0.05) is 17.4 Å². The molecule has 0 aliphatic heterocycles. The number of amides is 1. The summed E-state index contributed by atoms with van der Waals surface area (Å²) in [6, 6.07) is 6.74. The Hall–Kier alpha value is -1.73. The second kappa shape index (κ2) is 5.50. The van der Waals surface area contributed by atoms with Crippen LogP contribution in [-0.2, 0) is 0 Å². The van der Waals surface area contributed by atoms with Gasteiger partial charge >= 0.3 is 0 Å². The number of hydrogen-bond donors (Lipinski definition) is 2. The number of thiocarbonyl (C=S) groups is 1. The molecule has 0 radical (unpaired) electrons. The third-order valence-corrected chi connectivity index (χ3v) is 3.25. The van der Waals surface area contributed by atoms with E-state index in [9.17, 15) is 4.79 Å². The Morgan fingerprint density at radius 2 is 2.21 bits per heavy atom. The Morgan fingerprint density at radius 3 is 2.74 bits per heavy atom. The van der Waals surface area contributed by atoms with Gasteiger partial charge in [-0.3, -0.25) is 4.79 Å². The number of aryl methyl sites for hydroxylation is 1. The Morgan fingerprint density at radius 1 is 1.47 bits per heavy atom. The van der Waals surface area contributed by atoms with Crippen LogP contribution in [0.4, 0.5) is 5.69 Å². The van der Waals surface area contributed by atoms with E-state index in [1.54, 1.807) is 31.2 Å². The minimum absolute atomic E-state index is 0.155. The van der Waals surface area contributed by atoms with Gasteiger partial charge in [0.05, 0.1) is 11.4 Å². The summed E-state index contributed by atoms with van der Waals surface area (Å²) in [5.74, 6) is -0.216. The maximum absolute atomic E-state index is 11.9. The lowest BCUT2D eigenvalue weighted by Crippen LogP contribution is -2.13. The highest BCUT2D eigenvalue weighted by Crippen LogP contribution is 2.24. The highest BCUT2D eigenvalue weighted by molar-refractivity contribution is 9.10. The zero-order chi connectivity index (χ0) is 14.0. The molecule has 7 heteroatoms. The summed E-state index contributed by atoms with van der Waals surface area (Å²) < 4.78 is 5.56. The van der Waals surface area contributed by atoms with Crippen LogP contribution in [0, 0.1) is 6.92 Å². The number of anilines is 1. The number of halogens is 1. The molecule has 0 saturated carbocycles. The fourth-order valence-electron chi connectivity index (χ4n) is 1.42. The minimum atomic E-state index is -0.371. The van der Waals surface area contributed by atoms with E-state index in [1.807, 2.05) is 0 Å². The molecule has 1 heterocycles. The number of carbonyl (C=O) groups is 1. The second-order valence-corrected chi connectivity index (χ2v) is 5.14. The fraction of sp³-hybridized carbons (Fsp3) is 0.0833. The molecule has 0 aliphatic carbocycles. The number of rotatable bonds is 3. The predicted octanol–water partition coefficient (Wildman–Crippen LogP) is 2.63. The molecule has 0 atom stereocenters. The zero-order valence-electron chi connectivity index (χ0n) is 9.94. The number of carbonyl (C=O) groups excluding carboxylic acids is 1. The first kappa shape index (κ1) is 13.7. The van der Waals surface area contributed by atoms with Crippen LogP contribution in [0.15, 0.2) is 33.3 Å². The van der Waals surface area contributed by atoms with E-state index in [0.29, 0.717) is 20.8 Å². The van der Waals surface area contributed by atoms with Crippen molar-refractivity contribution < 1.29 is 9.32 Å². The van der Waals surface area contributed by atoms with Gasteiger partial charge in [0.15, 0.2) is 0 Å². The van der Waals surface area contributed by atoms with Crippen LogP contribution < -0.4 is 11.1 Å². The summed E-state index contributed by atoms with van der Waals surface area (Å²) >= 11 is 8.22. The number of aromatic nitrogens is 1. The molecule has 0 spiro atoms. The lowest BCUT2D eigenvalue weighted by molar-refractivity contribution is 0.0988. The molecule has 98 valence electrons. The molecule has 2 aromatic rings. The maximum atomic E-state index is 11.9. The molecule has 0 aliphatic rings. The first-order chi connectivity index (χ1) is 8.97. The highest BCUT2D eigenvalue weighted by Gasteiger charge is 2.13. The van der Waals surface area contributed by atoms with Gasteiger partial charge in [0.2, 0.25) is 5.76 Å². The molecule has 19 heavy (non-hydrogen) atoms. The lowest BCUT2D eigenvalue weighted by atomic mass is 10.2. The van der Waals surface area contributed by atoms with E-state index in [-0.39, 0.29) is 11.7 Å². The van der Waals surface area contributed by atoms with E-state index in [4.69, 9.17) is 22.5 Å². The average Bonchev–Trinajstić information content (AvgIpc) is 2.78. The molecule has 2 rings (SSSR count). The zero-order valence-corrected chi connectivity index (χ0v) is 12.3. The van der Waals surface area contributed by atoms with Gasteiger partial charge in [-0.2, -0.15) is 0 Å². The number of hydrogen-bond acceptors (Lipinski definition) is 4. The van der Waals surface area contributed by atoms with Crippen LogP contribution in [0.3, 0.4) is 0 Å². The third-order valence-electron chi connectivity index (χ3n) is 2.35. The maximum Gasteiger partial charge on any atom is 0.294 e. The van der Waals surface area contributed by atoms with Crippen molar-refractivity contribution in [2.75, 3.05) is 5.32 Å². The normalized spacial score (nSPS) is 10.2. The topological polar surface area (TPSA) is 81.2 Å². The Labute approximate surface area is 123 Å². The summed E-state index contributed by atoms with van der Waals surface area (Å²) in [5.41, 5.74) is 7.49. The van der Waals surface area contributed by atoms with Crippen LogP contribution in [-0.4, -0.2) is 16.1 Å². The summed E-state index contributed by atoms with van der Waals surface area (Å²) in [7, 11) is 0. The van der Waals surface area contributed by atoms with Gasteiger partial charge in [0.25, 0.3) is 5.91 Å². The van der Waals surface area contributed by atoms with E-state index in [2.05, 4.69) is 26.4 Å². The first-order valence-electron chi connectivity index (χ1n) is 5.31. The summed E-state index contributed by atoms with van der Waals surface area (Å²) in [6.45, 7) is 1.74. The molecule has 5 nitrogen and oxygen atoms in total. The SMILES string of the molecule is Cc1cc(C(=O)Nc2ccc(C(N)=S)cc2Br)on1. The highest BCUT2D eigenvalue weighted by atomic mass is 79.9. The largest absolute Gasteiger partial charge is 0.389 e. The second-order valence-electron chi connectivity index (χ2n) is 3.85. The number of nitrogens with one attached hydrogen (secondary N) is 1. The molecule has 0 saturated heterocycles. The van der Waals surface area contributed by atoms with Gasteiger partial charge in [-0.25, -0.2) is 0 Å². The van der Waals surface area contributed by atoms with Gasteiger partial charge in [-0.15, -0.1) is 0 Å². The number of benzene rings is 1. The predicted molar refractivity (Wildman–Crippen MR) is 79.2 cm³/mol. The molecule has 3 N–H and O–H groups in total. The van der Waals surface area contributed by atoms with Crippen molar-refractivity contribution in [3.8, 4) is 0 Å². The summed E-state index contributed by atoms with van der Waals surface area (Å²) in [5, 5.41) is 6.36. The van der Waals surface area contributed by atoms with E-state index in [0.717, 1.165) is 5.56 Å². The Bertz CT molecular complexity index is 654. The van der Waals surface area contributed by atoms with Crippen LogP contribution in [0.5, 0.6) is 0 Å². The quantitative estimate of drug-likeness (QED) is 0.840. The van der Waals surface area contributed by atoms with Crippen LogP contribution >= 0.6 is 28.1 Å². The van der Waals surface area contributed by atoms with Gasteiger partial charge < -0.3 is 15.6 Å². The van der Waals surface area contributed by atoms with E-state index < -0.39 is 0 Å². The summed E-state index contributed by atoms with van der Waals surface area (Å²) in [6.07, 6.45) is 0. The van der Waals surface area contributed by atoms with Crippen LogP contribution in [0.1, 0.15) is 21.8 Å². The van der Waals surface area contributed by atoms with Gasteiger partial charge in [-0.05, 0) is 41.1 Å². The molecule has 1 amide bonds. The van der Waals surface area contributed by atoms with Crippen molar-refractivity contribution in [3.05, 3.63) is 45.8 Å². The van der Waals surface area contributed by atoms with Crippen molar-refractivity contribution in [2.45, 2.75) is 6.92 Å². The molecular weight excluding hydrogens is 330 g/mol. The lowest BCUT2D eigenvalue weighted by Gasteiger charge is -2.07. The smallest absolute Gasteiger partial charge is 0.294 e. The van der Waals surface area contributed by atoms with Crippen molar-refractivity contribution in [2.24, 2.45) is 5.73 Å². The van der Waals surface area contributed by atoms with Crippen LogP contribution in [0.2, 0.25) is 0 Å². The van der Waals surface area contributed by atoms with Crippen molar-refractivity contribution >= 4 is 44.7 Å². The van der Waals surface area contributed by atoms with Crippen molar-refractivity contribution in [1.29, 1.82) is 0 Å². The van der Waals surface area contributed by atoms with Crippen molar-refractivity contribution in [1.82, 2.24) is 5.16 Å². The minimum Gasteiger partial charge on any atom is -0.389 e.